The topological polar surface area (TPSA) is 115 Å². The van der Waals surface area contributed by atoms with Crippen LogP contribution >= 0.6 is 0 Å². The average molecular weight is 714 g/mol. The predicted octanol–water partition coefficient (Wildman–Crippen LogP) is 9.12. The SMILES string of the molecule is C1=C(c2ccc3c(c2)C2(CCCC2)c2cc(-c4nc(-c5ccccn5)nc(-c5ccccn5)n4)ccc2-3)NC(c2ccccn2)=N/C(c2ccccn2)=C/C1. The van der Waals surface area contributed by atoms with Gasteiger partial charge in [-0.25, -0.2) is 19.9 Å². The van der Waals surface area contributed by atoms with Crippen molar-refractivity contribution in [3.63, 3.8) is 0 Å². The number of nitrogens with zero attached hydrogens (tertiary/aromatic N) is 8. The lowest BCUT2D eigenvalue weighted by molar-refractivity contribution is 0.550. The quantitative estimate of drug-likeness (QED) is 0.182. The number of allylic oxidation sites excluding steroid dienone is 2. The van der Waals surface area contributed by atoms with E-state index >= 15 is 0 Å². The second-order valence-electron chi connectivity index (χ2n) is 14.0. The molecule has 1 aliphatic heterocycles. The molecular formula is C46H35N9. The van der Waals surface area contributed by atoms with Gasteiger partial charge in [0.15, 0.2) is 23.3 Å². The smallest absolute Gasteiger partial charge is 0.182 e. The Balaban J connectivity index is 1.05. The minimum absolute atomic E-state index is 0.108. The molecule has 55 heavy (non-hydrogen) atoms. The van der Waals surface area contributed by atoms with E-state index in [2.05, 4.69) is 73.8 Å². The zero-order valence-corrected chi connectivity index (χ0v) is 30.0. The fraction of sp³-hybridized carbons (Fsp3) is 0.130. The van der Waals surface area contributed by atoms with Crippen LogP contribution in [0.25, 0.3) is 56.9 Å². The molecule has 1 saturated carbocycles. The molecule has 1 spiro atoms. The Morgan fingerprint density at radius 3 is 1.60 bits per heavy atom. The maximum Gasteiger partial charge on any atom is 0.182 e. The van der Waals surface area contributed by atoms with Crippen LogP contribution in [0, 0.1) is 0 Å². The minimum atomic E-state index is -0.108. The molecule has 10 rings (SSSR count). The van der Waals surface area contributed by atoms with Crippen molar-refractivity contribution in [1.29, 1.82) is 0 Å². The fourth-order valence-corrected chi connectivity index (χ4v) is 8.19. The molecule has 9 nitrogen and oxygen atoms in total. The van der Waals surface area contributed by atoms with Crippen molar-refractivity contribution in [3.8, 4) is 45.6 Å². The molecule has 2 aliphatic carbocycles. The van der Waals surface area contributed by atoms with Crippen molar-refractivity contribution in [2.45, 2.75) is 37.5 Å². The van der Waals surface area contributed by atoms with Gasteiger partial charge >= 0.3 is 0 Å². The van der Waals surface area contributed by atoms with Crippen LogP contribution in [-0.4, -0.2) is 40.7 Å². The summed E-state index contributed by atoms with van der Waals surface area (Å²) in [6.07, 6.45) is 16.7. The molecule has 6 heterocycles. The van der Waals surface area contributed by atoms with E-state index in [0.29, 0.717) is 41.1 Å². The summed E-state index contributed by atoms with van der Waals surface area (Å²) in [7, 11) is 0. The summed E-state index contributed by atoms with van der Waals surface area (Å²) in [5, 5.41) is 3.70. The molecule has 3 aliphatic rings. The van der Waals surface area contributed by atoms with E-state index in [1.165, 1.54) is 35.1 Å². The highest BCUT2D eigenvalue weighted by molar-refractivity contribution is 6.05. The first-order valence-electron chi connectivity index (χ1n) is 18.7. The Bertz CT molecular complexity index is 2570. The first kappa shape index (κ1) is 32.6. The standard InChI is InChI=1S/C46H35N9/c1-7-24-47-37(12-1)38-17-11-16-36(51-43(52-38)39-13-2-8-25-48-39)30-18-20-32-33-21-19-31(29-35(33)46(34(32)28-30)22-5-6-23-46)42-53-44(40-14-3-9-26-49-40)55-45(54-42)41-15-4-10-27-50-41/h1-4,7-10,12-21,24-29H,5-6,11,22-23H2,(H,51,52)/b36-16?,38-17+. The van der Waals surface area contributed by atoms with Crippen molar-refractivity contribution in [2.24, 2.45) is 4.99 Å². The summed E-state index contributed by atoms with van der Waals surface area (Å²) in [5.74, 6) is 2.32. The van der Waals surface area contributed by atoms with Gasteiger partial charge in [-0.3, -0.25) is 19.9 Å². The number of aromatic nitrogens is 7. The Kier molecular flexibility index (Phi) is 8.17. The number of pyridine rings is 4. The van der Waals surface area contributed by atoms with Crippen molar-refractivity contribution >= 4 is 17.2 Å². The summed E-state index contributed by atoms with van der Waals surface area (Å²) in [6.45, 7) is 0. The molecule has 9 heteroatoms. The molecule has 7 aromatic rings. The highest BCUT2D eigenvalue weighted by atomic mass is 15.1. The lowest BCUT2D eigenvalue weighted by Gasteiger charge is -2.27. The second kappa shape index (κ2) is 13.8. The number of aliphatic imine (C=N–C) groups is 1. The highest BCUT2D eigenvalue weighted by Gasteiger charge is 2.45. The van der Waals surface area contributed by atoms with Crippen molar-refractivity contribution in [1.82, 2.24) is 40.2 Å². The molecule has 0 unspecified atom stereocenters. The molecule has 0 bridgehead atoms. The van der Waals surface area contributed by atoms with Gasteiger partial charge in [-0.15, -0.1) is 0 Å². The zero-order valence-electron chi connectivity index (χ0n) is 30.0. The molecule has 264 valence electrons. The van der Waals surface area contributed by atoms with Crippen LogP contribution in [0.3, 0.4) is 0 Å². The Hall–Kier alpha value is -7.00. The Labute approximate surface area is 318 Å². The van der Waals surface area contributed by atoms with E-state index in [9.17, 15) is 0 Å². The molecule has 0 amide bonds. The van der Waals surface area contributed by atoms with Gasteiger partial charge in [-0.2, -0.15) is 0 Å². The third-order valence-electron chi connectivity index (χ3n) is 10.8. The molecule has 0 saturated heterocycles. The van der Waals surface area contributed by atoms with Gasteiger partial charge in [-0.05, 0) is 108 Å². The van der Waals surface area contributed by atoms with Crippen LogP contribution in [-0.2, 0) is 5.41 Å². The highest BCUT2D eigenvalue weighted by Crippen LogP contribution is 2.57. The van der Waals surface area contributed by atoms with E-state index in [1.807, 2.05) is 72.8 Å². The van der Waals surface area contributed by atoms with E-state index in [0.717, 1.165) is 46.8 Å². The third-order valence-corrected chi connectivity index (χ3v) is 10.8. The molecule has 5 aromatic heterocycles. The Morgan fingerprint density at radius 1 is 0.491 bits per heavy atom. The molecule has 0 radical (unpaired) electrons. The normalized spacial score (nSPS) is 16.5. The van der Waals surface area contributed by atoms with Gasteiger partial charge in [0, 0.05) is 41.5 Å². The van der Waals surface area contributed by atoms with Gasteiger partial charge in [0.1, 0.15) is 17.1 Å². The zero-order chi connectivity index (χ0) is 36.6. The first-order valence-corrected chi connectivity index (χ1v) is 18.7. The summed E-state index contributed by atoms with van der Waals surface area (Å²) < 4.78 is 0. The van der Waals surface area contributed by atoms with Gasteiger partial charge in [0.05, 0.1) is 11.4 Å². The van der Waals surface area contributed by atoms with Crippen molar-refractivity contribution in [2.75, 3.05) is 0 Å². The second-order valence-corrected chi connectivity index (χ2v) is 14.0. The van der Waals surface area contributed by atoms with Crippen LogP contribution in [0.4, 0.5) is 0 Å². The summed E-state index contributed by atoms with van der Waals surface area (Å²) in [6, 6.07) is 37.0. The minimum Gasteiger partial charge on any atom is -0.338 e. The number of benzene rings is 2. The predicted molar refractivity (Wildman–Crippen MR) is 215 cm³/mol. The molecule has 2 aromatic carbocycles. The molecular weight excluding hydrogens is 679 g/mol. The van der Waals surface area contributed by atoms with Gasteiger partial charge in [-0.1, -0.05) is 73.5 Å². The monoisotopic (exact) mass is 713 g/mol. The largest absolute Gasteiger partial charge is 0.338 e. The first-order chi connectivity index (χ1) is 27.2. The summed E-state index contributed by atoms with van der Waals surface area (Å²) in [4.78, 5) is 38.2. The fourth-order valence-electron chi connectivity index (χ4n) is 8.19. The lowest BCUT2D eigenvalue weighted by atomic mass is 9.76. The molecule has 1 fully saturated rings. The van der Waals surface area contributed by atoms with E-state index < -0.39 is 0 Å². The number of rotatable bonds is 6. The average Bonchev–Trinajstić information content (AvgIpc) is 3.85. The number of hydrogen-bond donors (Lipinski definition) is 1. The lowest BCUT2D eigenvalue weighted by Crippen LogP contribution is -2.25. The van der Waals surface area contributed by atoms with Gasteiger partial charge in [0.2, 0.25) is 0 Å². The maximum absolute atomic E-state index is 5.09. The van der Waals surface area contributed by atoms with Gasteiger partial charge in [0.25, 0.3) is 0 Å². The van der Waals surface area contributed by atoms with E-state index in [-0.39, 0.29) is 5.41 Å². The molecule has 1 N–H and O–H groups in total. The summed E-state index contributed by atoms with van der Waals surface area (Å²) in [5.41, 5.74) is 12.0. The van der Waals surface area contributed by atoms with Crippen LogP contribution in [0.1, 0.15) is 60.2 Å². The van der Waals surface area contributed by atoms with Crippen LogP contribution in [0.2, 0.25) is 0 Å². The number of hydrogen-bond acceptors (Lipinski definition) is 9. The Morgan fingerprint density at radius 2 is 1.02 bits per heavy atom. The van der Waals surface area contributed by atoms with Crippen molar-refractivity contribution < 1.29 is 0 Å². The molecule has 0 atom stereocenters. The van der Waals surface area contributed by atoms with Crippen LogP contribution < -0.4 is 5.32 Å². The number of fused-ring (bicyclic) bond motifs is 5. The van der Waals surface area contributed by atoms with Crippen LogP contribution in [0.5, 0.6) is 0 Å². The maximum atomic E-state index is 5.09. The van der Waals surface area contributed by atoms with E-state index in [4.69, 9.17) is 19.9 Å². The van der Waals surface area contributed by atoms with Gasteiger partial charge < -0.3 is 5.32 Å². The summed E-state index contributed by atoms with van der Waals surface area (Å²) >= 11 is 0. The van der Waals surface area contributed by atoms with Crippen molar-refractivity contribution in [3.05, 3.63) is 174 Å². The number of nitrogens with one attached hydrogen (secondary N) is 1. The van der Waals surface area contributed by atoms with Crippen LogP contribution in [0.15, 0.2) is 151 Å². The third kappa shape index (κ3) is 5.99. The van der Waals surface area contributed by atoms with E-state index in [1.54, 1.807) is 24.8 Å². The number of amidine groups is 1.